The number of para-hydroxylation sites is 1. The molecule has 0 fully saturated rings. The highest BCUT2D eigenvalue weighted by molar-refractivity contribution is 6.00. The molecule has 0 bridgehead atoms. The van der Waals surface area contributed by atoms with Crippen molar-refractivity contribution in [3.8, 4) is 5.75 Å². The number of benzene rings is 2. The zero-order valence-corrected chi connectivity index (χ0v) is 15.6. The molecule has 30 heavy (non-hydrogen) atoms. The standard InChI is InChI=1S/C23H15F3O4/c24-23(25,26)13-10-8-12(9-11-13)18-19-15(27)5-3-7-17(19)29-21-14-4-1-2-6-16(14)30-22(28)20(18)21/h1-2,4,6,8-11,18H,3,5,7H2. The fourth-order valence-electron chi connectivity index (χ4n) is 4.22. The smallest absolute Gasteiger partial charge is 0.416 e. The molecule has 0 radical (unpaired) electrons. The molecule has 1 atom stereocenters. The number of hydrogen-bond acceptors (Lipinski definition) is 4. The van der Waals surface area contributed by atoms with Crippen LogP contribution in [0.4, 0.5) is 13.2 Å². The third-order valence-corrected chi connectivity index (χ3v) is 5.58. The number of ketones is 1. The van der Waals surface area contributed by atoms with Crippen molar-refractivity contribution < 1.29 is 27.1 Å². The molecule has 5 rings (SSSR count). The Labute approximate surface area is 168 Å². The van der Waals surface area contributed by atoms with Gasteiger partial charge in [0, 0.05) is 18.4 Å². The maximum atomic E-state index is 13.0. The van der Waals surface area contributed by atoms with Crippen LogP contribution in [0.2, 0.25) is 0 Å². The van der Waals surface area contributed by atoms with Crippen molar-refractivity contribution in [2.75, 3.05) is 0 Å². The third-order valence-electron chi connectivity index (χ3n) is 5.58. The molecule has 0 amide bonds. The Morgan fingerprint density at radius 1 is 0.933 bits per heavy atom. The first-order valence-corrected chi connectivity index (χ1v) is 9.51. The molecule has 2 aliphatic rings. The zero-order chi connectivity index (χ0) is 21.0. The van der Waals surface area contributed by atoms with Gasteiger partial charge < -0.3 is 9.15 Å². The molecule has 1 unspecified atom stereocenters. The minimum absolute atomic E-state index is 0.141. The van der Waals surface area contributed by atoms with Crippen molar-refractivity contribution in [3.05, 3.63) is 87.0 Å². The van der Waals surface area contributed by atoms with Crippen LogP contribution < -0.4 is 10.4 Å². The van der Waals surface area contributed by atoms with E-state index >= 15 is 0 Å². The molecule has 0 N–H and O–H groups in total. The summed E-state index contributed by atoms with van der Waals surface area (Å²) in [5.74, 6) is -0.223. The monoisotopic (exact) mass is 412 g/mol. The normalized spacial score (nSPS) is 18.8. The van der Waals surface area contributed by atoms with E-state index in [-0.39, 0.29) is 11.3 Å². The van der Waals surface area contributed by atoms with E-state index in [2.05, 4.69) is 0 Å². The quantitative estimate of drug-likeness (QED) is 0.506. The maximum absolute atomic E-state index is 13.0. The van der Waals surface area contributed by atoms with E-state index in [4.69, 9.17) is 9.15 Å². The number of allylic oxidation sites excluding steroid dienone is 2. The fraction of sp³-hybridized carbons (Fsp3) is 0.217. The van der Waals surface area contributed by atoms with Gasteiger partial charge in [-0.25, -0.2) is 4.79 Å². The average Bonchev–Trinajstić information content (AvgIpc) is 2.72. The van der Waals surface area contributed by atoms with Crippen LogP contribution in [-0.4, -0.2) is 5.78 Å². The van der Waals surface area contributed by atoms with Gasteiger partial charge in [-0.1, -0.05) is 24.3 Å². The summed E-state index contributed by atoms with van der Waals surface area (Å²) in [4.78, 5) is 25.7. The van der Waals surface area contributed by atoms with Gasteiger partial charge in [0.05, 0.1) is 22.4 Å². The lowest BCUT2D eigenvalue weighted by molar-refractivity contribution is -0.137. The van der Waals surface area contributed by atoms with Crippen molar-refractivity contribution in [1.82, 2.24) is 0 Å². The van der Waals surface area contributed by atoms with Gasteiger partial charge >= 0.3 is 11.8 Å². The van der Waals surface area contributed by atoms with E-state index in [0.29, 0.717) is 52.9 Å². The molecule has 0 saturated carbocycles. The van der Waals surface area contributed by atoms with Gasteiger partial charge in [0.2, 0.25) is 0 Å². The van der Waals surface area contributed by atoms with Crippen LogP contribution in [0, 0.1) is 0 Å². The number of carbonyl (C=O) groups is 1. The summed E-state index contributed by atoms with van der Waals surface area (Å²) >= 11 is 0. The number of Topliss-reactive ketones (excluding diaryl/α,β-unsaturated/α-hetero) is 1. The molecule has 1 aliphatic heterocycles. The number of alkyl halides is 3. The van der Waals surface area contributed by atoms with Crippen molar-refractivity contribution >= 4 is 16.8 Å². The minimum atomic E-state index is -4.48. The number of rotatable bonds is 1. The highest BCUT2D eigenvalue weighted by Crippen LogP contribution is 2.47. The van der Waals surface area contributed by atoms with Gasteiger partial charge in [0.25, 0.3) is 0 Å². The first-order valence-electron chi connectivity index (χ1n) is 9.51. The summed E-state index contributed by atoms with van der Waals surface area (Å²) in [5, 5.41) is 0.577. The molecule has 152 valence electrons. The first-order chi connectivity index (χ1) is 14.3. The predicted molar refractivity (Wildman–Crippen MR) is 102 cm³/mol. The van der Waals surface area contributed by atoms with Crippen LogP contribution in [0.3, 0.4) is 0 Å². The molecule has 7 heteroatoms. The van der Waals surface area contributed by atoms with E-state index in [9.17, 15) is 22.8 Å². The Kier molecular flexibility index (Phi) is 4.10. The van der Waals surface area contributed by atoms with Crippen molar-refractivity contribution in [1.29, 1.82) is 0 Å². The van der Waals surface area contributed by atoms with Crippen LogP contribution in [0.1, 0.15) is 41.9 Å². The van der Waals surface area contributed by atoms with E-state index in [0.717, 1.165) is 12.1 Å². The lowest BCUT2D eigenvalue weighted by Crippen LogP contribution is -2.29. The number of halogens is 3. The van der Waals surface area contributed by atoms with Crippen molar-refractivity contribution in [2.45, 2.75) is 31.4 Å². The molecule has 1 aliphatic carbocycles. The second-order valence-corrected chi connectivity index (χ2v) is 7.40. The second kappa shape index (κ2) is 6.58. The molecule has 2 heterocycles. The Hall–Kier alpha value is -3.35. The zero-order valence-electron chi connectivity index (χ0n) is 15.6. The summed E-state index contributed by atoms with van der Waals surface area (Å²) in [5.41, 5.74) is -0.234. The highest BCUT2D eigenvalue weighted by Gasteiger charge is 2.40. The summed E-state index contributed by atoms with van der Waals surface area (Å²) < 4.78 is 50.6. The summed E-state index contributed by atoms with van der Waals surface area (Å²) in [6, 6.07) is 11.4. The molecule has 1 aromatic heterocycles. The number of ether oxygens (including phenoxy) is 1. The summed E-state index contributed by atoms with van der Waals surface area (Å²) in [6.45, 7) is 0. The molecular formula is C23H15F3O4. The molecule has 0 spiro atoms. The van der Waals surface area contributed by atoms with Gasteiger partial charge in [-0.2, -0.15) is 13.2 Å². The Morgan fingerprint density at radius 3 is 2.40 bits per heavy atom. The van der Waals surface area contributed by atoms with Gasteiger partial charge in [-0.15, -0.1) is 0 Å². The first kappa shape index (κ1) is 18.7. The number of hydrogen-bond donors (Lipinski definition) is 0. The molecular weight excluding hydrogens is 397 g/mol. The molecule has 2 aromatic carbocycles. The highest BCUT2D eigenvalue weighted by atomic mass is 19.4. The Bertz CT molecular complexity index is 1270. The lowest BCUT2D eigenvalue weighted by atomic mass is 9.77. The van der Waals surface area contributed by atoms with Crippen LogP contribution >= 0.6 is 0 Å². The summed E-state index contributed by atoms with van der Waals surface area (Å²) in [6.07, 6.45) is -3.04. The van der Waals surface area contributed by atoms with Crippen LogP contribution in [0.15, 0.2) is 69.1 Å². The number of fused-ring (bicyclic) bond motifs is 3. The van der Waals surface area contributed by atoms with E-state index in [1.807, 2.05) is 0 Å². The van der Waals surface area contributed by atoms with Crippen LogP contribution in [0.5, 0.6) is 5.75 Å². The van der Waals surface area contributed by atoms with E-state index in [1.54, 1.807) is 24.3 Å². The van der Waals surface area contributed by atoms with Crippen molar-refractivity contribution in [2.24, 2.45) is 0 Å². The van der Waals surface area contributed by atoms with Gasteiger partial charge in [0.15, 0.2) is 5.78 Å². The largest absolute Gasteiger partial charge is 0.460 e. The topological polar surface area (TPSA) is 56.5 Å². The molecule has 3 aromatic rings. The fourth-order valence-corrected chi connectivity index (χ4v) is 4.22. The Balaban J connectivity index is 1.78. The van der Waals surface area contributed by atoms with Crippen molar-refractivity contribution in [3.63, 3.8) is 0 Å². The molecule has 4 nitrogen and oxygen atoms in total. The van der Waals surface area contributed by atoms with Crippen LogP contribution in [0.25, 0.3) is 11.0 Å². The third kappa shape index (κ3) is 2.84. The van der Waals surface area contributed by atoms with Gasteiger partial charge in [-0.05, 0) is 36.2 Å². The second-order valence-electron chi connectivity index (χ2n) is 7.40. The maximum Gasteiger partial charge on any atom is 0.416 e. The minimum Gasteiger partial charge on any atom is -0.460 e. The summed E-state index contributed by atoms with van der Waals surface area (Å²) in [7, 11) is 0. The SMILES string of the molecule is O=C1CCCC2=C1C(c1ccc(C(F)(F)F)cc1)c1c(c3ccccc3oc1=O)O2. The van der Waals surface area contributed by atoms with E-state index < -0.39 is 23.3 Å². The van der Waals surface area contributed by atoms with Crippen LogP contribution in [-0.2, 0) is 11.0 Å². The van der Waals surface area contributed by atoms with E-state index in [1.165, 1.54) is 12.1 Å². The van der Waals surface area contributed by atoms with Gasteiger partial charge in [-0.3, -0.25) is 4.79 Å². The Morgan fingerprint density at radius 2 is 1.67 bits per heavy atom. The average molecular weight is 412 g/mol. The lowest BCUT2D eigenvalue weighted by Gasteiger charge is -2.32. The van der Waals surface area contributed by atoms with Gasteiger partial charge in [0.1, 0.15) is 17.1 Å². The molecule has 0 saturated heterocycles. The predicted octanol–water partition coefficient (Wildman–Crippen LogP) is 5.34. The number of carbonyl (C=O) groups excluding carboxylic acids is 1.